The molecule has 2 amide bonds. The first-order chi connectivity index (χ1) is 27.8. The molecule has 0 unspecified atom stereocenters. The van der Waals surface area contributed by atoms with Crippen molar-refractivity contribution in [1.82, 2.24) is 28.9 Å². The largest absolute Gasteiger partial charge is 0.356 e. The van der Waals surface area contributed by atoms with Crippen molar-refractivity contribution in [3.8, 4) is 12.1 Å². The molecular formula is C40H42F2N10O6. The van der Waals surface area contributed by atoms with Crippen molar-refractivity contribution in [3.05, 3.63) is 124 Å². The summed E-state index contributed by atoms with van der Waals surface area (Å²) in [6, 6.07) is 13.2. The van der Waals surface area contributed by atoms with E-state index in [1.54, 1.807) is 9.80 Å². The number of nitrogens with zero attached hydrogens (tertiary/aromatic N) is 8. The Morgan fingerprint density at radius 3 is 1.45 bits per heavy atom. The van der Waals surface area contributed by atoms with E-state index < -0.39 is 34.1 Å². The van der Waals surface area contributed by atoms with Gasteiger partial charge in [-0.3, -0.25) is 37.4 Å². The standard InChI is InChI=1S/C40H42F2N10O6/c1-47-37(55)17-35(51(39(47)57)21-27-15-29(41)9-7-25(27)19-43)49-13-3-5-31(23-49)45-33(53)11-12-34(54)46-32-6-4-14-50(24-32)36-18-38(56)48(2)40(58)52(36)22-28-16-30(42)10-8-26(28)20-44/h7-10,15-18,31-32H,3-6,11-14,21-24H2,1-2H3,(H,45,53)(H,46,54)/t31-,32+. The minimum atomic E-state index is -0.644. The molecule has 0 spiro atoms. The number of aromatic nitrogens is 4. The molecule has 2 fully saturated rings. The number of amides is 2. The first-order valence-electron chi connectivity index (χ1n) is 18.8. The predicted octanol–water partition coefficient (Wildman–Crippen LogP) is 1.18. The van der Waals surface area contributed by atoms with Gasteiger partial charge in [0.25, 0.3) is 11.1 Å². The van der Waals surface area contributed by atoms with Crippen molar-refractivity contribution in [2.45, 2.75) is 63.7 Å². The highest BCUT2D eigenvalue weighted by molar-refractivity contribution is 5.84. The van der Waals surface area contributed by atoms with Crippen molar-refractivity contribution in [3.63, 3.8) is 0 Å². The molecule has 2 N–H and O–H groups in total. The van der Waals surface area contributed by atoms with Crippen molar-refractivity contribution < 1.29 is 18.4 Å². The van der Waals surface area contributed by atoms with Gasteiger partial charge in [-0.05, 0) is 73.2 Å². The molecule has 16 nitrogen and oxygen atoms in total. The highest BCUT2D eigenvalue weighted by Gasteiger charge is 2.28. The third-order valence-corrected chi connectivity index (χ3v) is 10.6. The number of benzene rings is 2. The smallest absolute Gasteiger partial charge is 0.332 e. The third kappa shape index (κ3) is 9.07. The van der Waals surface area contributed by atoms with Crippen molar-refractivity contribution in [2.75, 3.05) is 36.0 Å². The molecule has 2 aliphatic rings. The summed E-state index contributed by atoms with van der Waals surface area (Å²) in [6.45, 7) is 1.11. The molecule has 2 aromatic heterocycles. The lowest BCUT2D eigenvalue weighted by Gasteiger charge is -2.36. The summed E-state index contributed by atoms with van der Waals surface area (Å²) in [5.74, 6) is -1.35. The Labute approximate surface area is 330 Å². The first kappa shape index (κ1) is 40.8. The van der Waals surface area contributed by atoms with E-state index in [2.05, 4.69) is 10.6 Å². The van der Waals surface area contributed by atoms with E-state index >= 15 is 0 Å². The molecule has 58 heavy (non-hydrogen) atoms. The van der Waals surface area contributed by atoms with Gasteiger partial charge >= 0.3 is 11.4 Å². The van der Waals surface area contributed by atoms with Gasteiger partial charge in [0.05, 0.1) is 36.4 Å². The van der Waals surface area contributed by atoms with Crippen LogP contribution in [0.2, 0.25) is 0 Å². The van der Waals surface area contributed by atoms with Crippen LogP contribution < -0.4 is 42.9 Å². The Morgan fingerprint density at radius 2 is 1.07 bits per heavy atom. The topological polar surface area (TPSA) is 200 Å². The highest BCUT2D eigenvalue weighted by atomic mass is 19.1. The summed E-state index contributed by atoms with van der Waals surface area (Å²) in [5.41, 5.74) is -1.47. The van der Waals surface area contributed by atoms with E-state index in [9.17, 15) is 48.1 Å². The summed E-state index contributed by atoms with van der Waals surface area (Å²) >= 11 is 0. The second-order valence-corrected chi connectivity index (χ2v) is 14.6. The molecule has 6 rings (SSSR count). The monoisotopic (exact) mass is 796 g/mol. The van der Waals surface area contributed by atoms with E-state index in [1.165, 1.54) is 59.6 Å². The van der Waals surface area contributed by atoms with E-state index in [0.717, 1.165) is 21.3 Å². The van der Waals surface area contributed by atoms with Crippen LogP contribution in [0.3, 0.4) is 0 Å². The second-order valence-electron chi connectivity index (χ2n) is 14.6. The van der Waals surface area contributed by atoms with Crippen LogP contribution in [0.15, 0.2) is 67.7 Å². The predicted molar refractivity (Wildman–Crippen MR) is 208 cm³/mol. The second kappa shape index (κ2) is 17.5. The van der Waals surface area contributed by atoms with Crippen molar-refractivity contribution >= 4 is 23.5 Å². The summed E-state index contributed by atoms with van der Waals surface area (Å²) in [4.78, 5) is 81.9. The Morgan fingerprint density at radius 1 is 0.672 bits per heavy atom. The van der Waals surface area contributed by atoms with E-state index in [0.29, 0.717) is 38.8 Å². The SMILES string of the molecule is Cn1c(=O)cc(N2CCC[C@@H](NC(=O)CCC(=O)N[C@H]3CCCN(c4cc(=O)n(C)c(=O)n4Cc4cc(F)ccc4C#N)C3)C2)n(Cc2cc(F)ccc2C#N)c1=O. The van der Waals surface area contributed by atoms with E-state index in [1.807, 2.05) is 12.1 Å². The molecule has 18 heteroatoms. The quantitative estimate of drug-likeness (QED) is 0.222. The van der Waals surface area contributed by atoms with Crippen LogP contribution >= 0.6 is 0 Å². The molecule has 4 heterocycles. The van der Waals surface area contributed by atoms with Crippen LogP contribution in [0.4, 0.5) is 20.4 Å². The van der Waals surface area contributed by atoms with Gasteiger partial charge in [0.2, 0.25) is 11.8 Å². The zero-order valence-electron chi connectivity index (χ0n) is 32.0. The Hall–Kier alpha value is -6.82. The van der Waals surface area contributed by atoms with Crippen LogP contribution in [0.5, 0.6) is 0 Å². The maximum atomic E-state index is 14.1. The minimum absolute atomic E-state index is 0.116. The van der Waals surface area contributed by atoms with Crippen LogP contribution in [-0.4, -0.2) is 68.3 Å². The average Bonchev–Trinajstić information content (AvgIpc) is 3.20. The van der Waals surface area contributed by atoms with Gasteiger partial charge in [-0.1, -0.05) is 0 Å². The van der Waals surface area contributed by atoms with Crippen molar-refractivity contribution in [2.24, 2.45) is 14.1 Å². The lowest BCUT2D eigenvalue weighted by Crippen LogP contribution is -2.51. The lowest BCUT2D eigenvalue weighted by molar-refractivity contribution is -0.127. The van der Waals surface area contributed by atoms with Gasteiger partial charge in [0.15, 0.2) is 0 Å². The summed E-state index contributed by atoms with van der Waals surface area (Å²) in [5, 5.41) is 25.1. The summed E-state index contributed by atoms with van der Waals surface area (Å²) in [6.07, 6.45) is 2.20. The Balaban J connectivity index is 1.08. The minimum Gasteiger partial charge on any atom is -0.356 e. The summed E-state index contributed by atoms with van der Waals surface area (Å²) < 4.78 is 32.8. The number of nitrogens with one attached hydrogen (secondary N) is 2. The average molecular weight is 797 g/mol. The molecule has 302 valence electrons. The zero-order chi connectivity index (χ0) is 41.7. The van der Waals surface area contributed by atoms with Gasteiger partial charge in [-0.2, -0.15) is 10.5 Å². The van der Waals surface area contributed by atoms with Crippen LogP contribution in [0, 0.1) is 34.3 Å². The molecule has 0 radical (unpaired) electrons. The van der Waals surface area contributed by atoms with E-state index in [-0.39, 0.29) is 96.8 Å². The van der Waals surface area contributed by atoms with Crippen molar-refractivity contribution in [1.29, 1.82) is 10.5 Å². The van der Waals surface area contributed by atoms with Gasteiger partial charge in [-0.25, -0.2) is 18.4 Å². The molecule has 2 aromatic carbocycles. The number of rotatable bonds is 11. The maximum absolute atomic E-state index is 14.1. The van der Waals surface area contributed by atoms with Crippen LogP contribution in [0.1, 0.15) is 60.8 Å². The highest BCUT2D eigenvalue weighted by Crippen LogP contribution is 2.22. The molecule has 0 saturated carbocycles. The molecular weight excluding hydrogens is 754 g/mol. The molecule has 0 bridgehead atoms. The van der Waals surface area contributed by atoms with Crippen LogP contribution in [-0.2, 0) is 36.8 Å². The molecule has 2 aliphatic heterocycles. The fourth-order valence-electron chi connectivity index (χ4n) is 7.52. The van der Waals surface area contributed by atoms with Crippen LogP contribution in [0.25, 0.3) is 0 Å². The fourth-order valence-corrected chi connectivity index (χ4v) is 7.52. The first-order valence-corrected chi connectivity index (χ1v) is 18.8. The maximum Gasteiger partial charge on any atom is 0.332 e. The number of hydrogen-bond acceptors (Lipinski definition) is 10. The number of nitriles is 2. The third-order valence-electron chi connectivity index (χ3n) is 10.6. The molecule has 4 aromatic rings. The molecule has 2 atom stereocenters. The number of carbonyl (C=O) groups is 2. The Kier molecular flexibility index (Phi) is 12.3. The lowest BCUT2D eigenvalue weighted by atomic mass is 10.0. The number of carbonyl (C=O) groups excluding carboxylic acids is 2. The number of piperidine rings is 2. The zero-order valence-corrected chi connectivity index (χ0v) is 32.0. The van der Waals surface area contributed by atoms with Gasteiger partial charge in [-0.15, -0.1) is 0 Å². The summed E-state index contributed by atoms with van der Waals surface area (Å²) in [7, 11) is 2.66. The fraction of sp³-hybridized carbons (Fsp3) is 0.400. The molecule has 2 saturated heterocycles. The van der Waals surface area contributed by atoms with Gasteiger partial charge in [0.1, 0.15) is 23.3 Å². The Bertz CT molecular complexity index is 2410. The number of hydrogen-bond donors (Lipinski definition) is 2. The van der Waals surface area contributed by atoms with Gasteiger partial charge in [0, 0.05) is 77.3 Å². The van der Waals surface area contributed by atoms with E-state index in [4.69, 9.17) is 0 Å². The normalized spacial score (nSPS) is 16.7. The number of anilines is 2. The molecule has 0 aliphatic carbocycles. The number of halogens is 2. The van der Waals surface area contributed by atoms with Gasteiger partial charge < -0.3 is 20.4 Å².